The minimum Gasteiger partial charge on any atom is -0.374 e. The van der Waals surface area contributed by atoms with E-state index in [-0.39, 0.29) is 11.9 Å². The van der Waals surface area contributed by atoms with Gasteiger partial charge in [0.1, 0.15) is 6.04 Å². The van der Waals surface area contributed by atoms with Crippen molar-refractivity contribution in [3.8, 4) is 0 Å². The summed E-state index contributed by atoms with van der Waals surface area (Å²) in [7, 11) is 0. The molecule has 0 saturated carbocycles. The number of amides is 1. The summed E-state index contributed by atoms with van der Waals surface area (Å²) in [5.41, 5.74) is 2.88. The molecule has 2 N–H and O–H groups in total. The van der Waals surface area contributed by atoms with Crippen LogP contribution in [0.5, 0.6) is 0 Å². The smallest absolute Gasteiger partial charge is 0.246 e. The molecule has 4 nitrogen and oxygen atoms in total. The fraction of sp³-hybridized carbons (Fsp3) is 0.316. The van der Waals surface area contributed by atoms with Crippen LogP contribution in [0.25, 0.3) is 0 Å². The molecule has 2 aromatic rings. The van der Waals surface area contributed by atoms with Crippen molar-refractivity contribution in [2.75, 3.05) is 28.6 Å². The molecule has 1 atom stereocenters. The quantitative estimate of drug-likeness (QED) is 0.846. The Hall–Kier alpha value is -2.20. The maximum atomic E-state index is 12.3. The first-order valence-electron chi connectivity index (χ1n) is 8.30. The van der Waals surface area contributed by atoms with Crippen molar-refractivity contribution in [2.45, 2.75) is 25.8 Å². The average Bonchev–Trinajstić information content (AvgIpc) is 3.10. The van der Waals surface area contributed by atoms with Crippen LogP contribution in [-0.4, -0.2) is 25.0 Å². The zero-order chi connectivity index (χ0) is 16.9. The normalized spacial score (nSPS) is 15.2. The fourth-order valence-electron chi connectivity index (χ4n) is 2.88. The van der Waals surface area contributed by atoms with Gasteiger partial charge >= 0.3 is 0 Å². The van der Waals surface area contributed by atoms with Gasteiger partial charge in [-0.25, -0.2) is 0 Å². The molecule has 0 bridgehead atoms. The highest BCUT2D eigenvalue weighted by atomic mass is 35.5. The number of carbonyl (C=O) groups is 1. The van der Waals surface area contributed by atoms with Crippen LogP contribution in [0.3, 0.4) is 0 Å². The highest BCUT2D eigenvalue weighted by Crippen LogP contribution is 2.22. The topological polar surface area (TPSA) is 44.4 Å². The number of carbonyl (C=O) groups excluding carboxylic acids is 1. The van der Waals surface area contributed by atoms with Crippen LogP contribution >= 0.6 is 11.6 Å². The van der Waals surface area contributed by atoms with Crippen LogP contribution in [-0.2, 0) is 4.79 Å². The molecule has 0 radical (unpaired) electrons. The number of halogens is 1. The lowest BCUT2D eigenvalue weighted by molar-refractivity contribution is -0.116. The summed E-state index contributed by atoms with van der Waals surface area (Å²) in [6.07, 6.45) is 2.53. The van der Waals surface area contributed by atoms with E-state index in [1.807, 2.05) is 31.2 Å². The van der Waals surface area contributed by atoms with E-state index in [1.54, 1.807) is 12.1 Å². The molecule has 24 heavy (non-hydrogen) atoms. The lowest BCUT2D eigenvalue weighted by atomic mass is 10.2. The maximum absolute atomic E-state index is 12.3. The molecule has 0 spiro atoms. The Morgan fingerprint density at radius 3 is 2.46 bits per heavy atom. The third-order valence-corrected chi connectivity index (χ3v) is 4.44. The molecule has 0 aliphatic carbocycles. The molecule has 1 saturated heterocycles. The van der Waals surface area contributed by atoms with Crippen LogP contribution in [0.1, 0.15) is 19.8 Å². The van der Waals surface area contributed by atoms with Crippen LogP contribution in [0.4, 0.5) is 17.1 Å². The zero-order valence-corrected chi connectivity index (χ0v) is 14.5. The van der Waals surface area contributed by atoms with E-state index in [0.717, 1.165) is 18.8 Å². The van der Waals surface area contributed by atoms with Gasteiger partial charge in [-0.2, -0.15) is 0 Å². The minimum atomic E-state index is -0.346. The lowest BCUT2D eigenvalue weighted by Crippen LogP contribution is -2.31. The molecule has 5 heteroatoms. The highest BCUT2D eigenvalue weighted by molar-refractivity contribution is 6.30. The summed E-state index contributed by atoms with van der Waals surface area (Å²) in [5.74, 6) is -0.0964. The second-order valence-corrected chi connectivity index (χ2v) is 6.54. The number of nitrogens with one attached hydrogen (secondary N) is 2. The van der Waals surface area contributed by atoms with E-state index in [2.05, 4.69) is 27.7 Å². The number of hydrogen-bond acceptors (Lipinski definition) is 3. The maximum Gasteiger partial charge on any atom is 0.246 e. The van der Waals surface area contributed by atoms with Crippen LogP contribution in [0.15, 0.2) is 48.5 Å². The van der Waals surface area contributed by atoms with Gasteiger partial charge in [0.15, 0.2) is 0 Å². The Morgan fingerprint density at radius 2 is 1.79 bits per heavy atom. The van der Waals surface area contributed by atoms with E-state index in [4.69, 9.17) is 11.6 Å². The molecule has 126 valence electrons. The number of rotatable bonds is 5. The zero-order valence-electron chi connectivity index (χ0n) is 13.8. The van der Waals surface area contributed by atoms with Crippen LogP contribution < -0.4 is 15.5 Å². The number of nitrogens with zero attached hydrogens (tertiary/aromatic N) is 1. The first-order valence-corrected chi connectivity index (χ1v) is 8.67. The van der Waals surface area contributed by atoms with Gasteiger partial charge in [0.05, 0.1) is 0 Å². The third kappa shape index (κ3) is 4.20. The molecule has 1 fully saturated rings. The minimum absolute atomic E-state index is 0.0964. The van der Waals surface area contributed by atoms with E-state index < -0.39 is 0 Å². The Labute approximate surface area is 147 Å². The number of anilines is 3. The van der Waals surface area contributed by atoms with Gasteiger partial charge in [0.2, 0.25) is 5.91 Å². The Bertz CT molecular complexity index is 696. The molecule has 1 heterocycles. The van der Waals surface area contributed by atoms with E-state index >= 15 is 0 Å². The monoisotopic (exact) mass is 343 g/mol. The Morgan fingerprint density at radius 1 is 1.08 bits per heavy atom. The molecule has 1 aliphatic heterocycles. The summed E-state index contributed by atoms with van der Waals surface area (Å²) >= 11 is 5.94. The molecule has 3 rings (SSSR count). The Kier molecular flexibility index (Phi) is 5.26. The first-order chi connectivity index (χ1) is 11.6. The molecule has 2 aromatic carbocycles. The summed E-state index contributed by atoms with van der Waals surface area (Å²) in [6, 6.07) is 15.1. The van der Waals surface area contributed by atoms with Gasteiger partial charge in [-0.15, -0.1) is 0 Å². The standard InChI is InChI=1S/C19H22ClN3O/c1-14(19(24)22-17-6-4-5-15(20)13-17)21-16-7-9-18(10-8-16)23-11-2-3-12-23/h4-10,13-14,21H,2-3,11-12H2,1H3,(H,22,24)/t14-/m0/s1. The van der Waals surface area contributed by atoms with Gasteiger partial charge in [-0.3, -0.25) is 4.79 Å². The largest absolute Gasteiger partial charge is 0.374 e. The summed E-state index contributed by atoms with van der Waals surface area (Å²) < 4.78 is 0. The first kappa shape index (κ1) is 16.7. The van der Waals surface area contributed by atoms with E-state index in [1.165, 1.54) is 18.5 Å². The molecule has 1 amide bonds. The van der Waals surface area contributed by atoms with Crippen molar-refractivity contribution >= 4 is 34.6 Å². The highest BCUT2D eigenvalue weighted by Gasteiger charge is 2.14. The fourth-order valence-corrected chi connectivity index (χ4v) is 3.07. The van der Waals surface area contributed by atoms with Crippen molar-refractivity contribution in [3.05, 3.63) is 53.6 Å². The van der Waals surface area contributed by atoms with Gasteiger partial charge in [-0.05, 0) is 62.2 Å². The van der Waals surface area contributed by atoms with Crippen molar-refractivity contribution in [2.24, 2.45) is 0 Å². The van der Waals surface area contributed by atoms with Gasteiger partial charge in [0.25, 0.3) is 0 Å². The van der Waals surface area contributed by atoms with Gasteiger partial charge in [-0.1, -0.05) is 17.7 Å². The number of hydrogen-bond donors (Lipinski definition) is 2. The Balaban J connectivity index is 1.57. The SMILES string of the molecule is C[C@H](Nc1ccc(N2CCCC2)cc1)C(=O)Nc1cccc(Cl)c1. The molecule has 1 aliphatic rings. The van der Waals surface area contributed by atoms with Crippen molar-refractivity contribution < 1.29 is 4.79 Å². The summed E-state index contributed by atoms with van der Waals surface area (Å²) in [4.78, 5) is 14.7. The molecular weight excluding hydrogens is 322 g/mol. The lowest BCUT2D eigenvalue weighted by Gasteiger charge is -2.19. The third-order valence-electron chi connectivity index (χ3n) is 4.21. The van der Waals surface area contributed by atoms with Crippen LogP contribution in [0.2, 0.25) is 5.02 Å². The second kappa shape index (κ2) is 7.58. The molecule has 0 aromatic heterocycles. The van der Waals surface area contributed by atoms with Gasteiger partial charge < -0.3 is 15.5 Å². The average molecular weight is 344 g/mol. The number of benzene rings is 2. The second-order valence-electron chi connectivity index (χ2n) is 6.11. The van der Waals surface area contributed by atoms with E-state index in [0.29, 0.717) is 10.7 Å². The molecule has 0 unspecified atom stereocenters. The predicted octanol–water partition coefficient (Wildman–Crippen LogP) is 4.38. The predicted molar refractivity (Wildman–Crippen MR) is 101 cm³/mol. The van der Waals surface area contributed by atoms with Crippen LogP contribution in [0, 0.1) is 0 Å². The van der Waals surface area contributed by atoms with E-state index in [9.17, 15) is 4.79 Å². The summed E-state index contributed by atoms with van der Waals surface area (Å²) in [6.45, 7) is 4.10. The van der Waals surface area contributed by atoms with Gasteiger partial charge in [0, 0.05) is 35.2 Å². The summed E-state index contributed by atoms with van der Waals surface area (Å²) in [5, 5.41) is 6.70. The van der Waals surface area contributed by atoms with Crippen molar-refractivity contribution in [1.29, 1.82) is 0 Å². The molecular formula is C19H22ClN3O. The van der Waals surface area contributed by atoms with Crippen molar-refractivity contribution in [1.82, 2.24) is 0 Å². The van der Waals surface area contributed by atoms with Crippen molar-refractivity contribution in [3.63, 3.8) is 0 Å².